The molecule has 0 fully saturated rings. The lowest BCUT2D eigenvalue weighted by Gasteiger charge is -2.14. The summed E-state index contributed by atoms with van der Waals surface area (Å²) in [5, 5.41) is 8.95. The van der Waals surface area contributed by atoms with Crippen molar-refractivity contribution in [3.05, 3.63) is 0 Å². The van der Waals surface area contributed by atoms with Crippen LogP contribution in [0.3, 0.4) is 0 Å². The first-order chi connectivity index (χ1) is 6.61. The number of esters is 1. The topological polar surface area (TPSA) is 46.5 Å². The molecule has 0 saturated carbocycles. The molecule has 0 aromatic rings. The van der Waals surface area contributed by atoms with Gasteiger partial charge in [0, 0.05) is 0 Å². The molecule has 2 unspecified atom stereocenters. The zero-order valence-electron chi connectivity index (χ0n) is 9.45. The van der Waals surface area contributed by atoms with Crippen LogP contribution >= 0.6 is 0 Å². The molecule has 0 radical (unpaired) electrons. The van der Waals surface area contributed by atoms with E-state index in [1.54, 1.807) is 6.92 Å². The summed E-state index contributed by atoms with van der Waals surface area (Å²) in [6.45, 7) is 5.82. The molecule has 0 aromatic carbocycles. The van der Waals surface area contributed by atoms with Gasteiger partial charge in [-0.3, -0.25) is 4.79 Å². The van der Waals surface area contributed by atoms with Gasteiger partial charge in [-0.15, -0.1) is 0 Å². The van der Waals surface area contributed by atoms with Crippen LogP contribution in [0, 0.1) is 5.92 Å². The predicted molar refractivity (Wildman–Crippen MR) is 55.9 cm³/mol. The van der Waals surface area contributed by atoms with Crippen molar-refractivity contribution < 1.29 is 14.6 Å². The summed E-state index contributed by atoms with van der Waals surface area (Å²) in [6, 6.07) is 0. The fourth-order valence-corrected chi connectivity index (χ4v) is 1.26. The maximum atomic E-state index is 11.5. The number of aliphatic hydroxyl groups excluding tert-OH is 1. The van der Waals surface area contributed by atoms with Crippen molar-refractivity contribution in [1.82, 2.24) is 0 Å². The Balaban J connectivity index is 3.79. The van der Waals surface area contributed by atoms with Gasteiger partial charge in [0.2, 0.25) is 0 Å². The maximum Gasteiger partial charge on any atom is 0.309 e. The van der Waals surface area contributed by atoms with E-state index < -0.39 is 6.10 Å². The van der Waals surface area contributed by atoms with E-state index in [2.05, 4.69) is 6.92 Å². The van der Waals surface area contributed by atoms with E-state index in [0.717, 1.165) is 25.7 Å². The number of rotatable bonds is 7. The van der Waals surface area contributed by atoms with Gasteiger partial charge in [0.1, 0.15) is 6.61 Å². The van der Waals surface area contributed by atoms with E-state index in [4.69, 9.17) is 9.84 Å². The van der Waals surface area contributed by atoms with Crippen LogP contribution in [0.25, 0.3) is 0 Å². The maximum absolute atomic E-state index is 11.5. The molecule has 1 N–H and O–H groups in total. The van der Waals surface area contributed by atoms with E-state index in [1.165, 1.54) is 0 Å². The number of hydrogen-bond donors (Lipinski definition) is 1. The van der Waals surface area contributed by atoms with Gasteiger partial charge in [-0.1, -0.05) is 26.7 Å². The molecule has 14 heavy (non-hydrogen) atoms. The van der Waals surface area contributed by atoms with Crippen LogP contribution in [0.2, 0.25) is 0 Å². The molecular formula is C11H22O3. The number of carbonyl (C=O) groups is 1. The zero-order chi connectivity index (χ0) is 11.0. The lowest BCUT2D eigenvalue weighted by atomic mass is 10.00. The highest BCUT2D eigenvalue weighted by Gasteiger charge is 2.17. The number of unbranched alkanes of at least 4 members (excludes halogenated alkanes) is 1. The Morgan fingerprint density at radius 2 is 2.07 bits per heavy atom. The van der Waals surface area contributed by atoms with E-state index in [0.29, 0.717) is 0 Å². The van der Waals surface area contributed by atoms with E-state index in [9.17, 15) is 4.79 Å². The largest absolute Gasteiger partial charge is 0.463 e. The first-order valence-electron chi connectivity index (χ1n) is 5.46. The summed E-state index contributed by atoms with van der Waals surface area (Å²) in [5.74, 6) is -0.157. The molecule has 0 aliphatic heterocycles. The smallest absolute Gasteiger partial charge is 0.309 e. The molecule has 3 nitrogen and oxygen atoms in total. The Morgan fingerprint density at radius 1 is 1.43 bits per heavy atom. The molecule has 0 spiro atoms. The minimum Gasteiger partial charge on any atom is -0.463 e. The van der Waals surface area contributed by atoms with Crippen molar-refractivity contribution in [3.63, 3.8) is 0 Å². The SMILES string of the molecule is CCCCC(CC)C(=O)OCC(C)O. The van der Waals surface area contributed by atoms with Gasteiger partial charge in [-0.05, 0) is 19.8 Å². The summed E-state index contributed by atoms with van der Waals surface area (Å²) < 4.78 is 4.96. The van der Waals surface area contributed by atoms with E-state index in [-0.39, 0.29) is 18.5 Å². The van der Waals surface area contributed by atoms with Crippen LogP contribution in [0.5, 0.6) is 0 Å². The fraction of sp³-hybridized carbons (Fsp3) is 0.909. The van der Waals surface area contributed by atoms with E-state index >= 15 is 0 Å². The van der Waals surface area contributed by atoms with Gasteiger partial charge in [-0.25, -0.2) is 0 Å². The zero-order valence-corrected chi connectivity index (χ0v) is 9.45. The molecule has 0 aliphatic carbocycles. The quantitative estimate of drug-likeness (QED) is 0.643. The molecular weight excluding hydrogens is 180 g/mol. The standard InChI is InChI=1S/C11H22O3/c1-4-6-7-10(5-2)11(13)14-8-9(3)12/h9-10,12H,4-8H2,1-3H3. The highest BCUT2D eigenvalue weighted by Crippen LogP contribution is 2.14. The molecule has 3 heteroatoms. The minimum absolute atomic E-state index is 0.00806. The second kappa shape index (κ2) is 7.80. The third-order valence-electron chi connectivity index (χ3n) is 2.20. The molecule has 0 saturated heterocycles. The van der Waals surface area contributed by atoms with E-state index in [1.807, 2.05) is 6.92 Å². The summed E-state index contributed by atoms with van der Waals surface area (Å²) in [7, 11) is 0. The van der Waals surface area contributed by atoms with Crippen molar-refractivity contribution in [2.24, 2.45) is 5.92 Å². The second-order valence-corrected chi connectivity index (χ2v) is 3.73. The third kappa shape index (κ3) is 5.97. The first kappa shape index (κ1) is 13.4. The molecule has 2 atom stereocenters. The number of hydrogen-bond acceptors (Lipinski definition) is 3. The Labute approximate surface area is 86.5 Å². The predicted octanol–water partition coefficient (Wildman–Crippen LogP) is 2.13. The lowest BCUT2D eigenvalue weighted by Crippen LogP contribution is -2.21. The summed E-state index contributed by atoms with van der Waals surface area (Å²) in [6.07, 6.45) is 3.30. The minimum atomic E-state index is -0.567. The molecule has 0 rings (SSSR count). The normalized spacial score (nSPS) is 14.9. The average molecular weight is 202 g/mol. The Kier molecular flexibility index (Phi) is 7.48. The summed E-state index contributed by atoms with van der Waals surface area (Å²) >= 11 is 0. The Morgan fingerprint density at radius 3 is 2.50 bits per heavy atom. The molecule has 0 heterocycles. The van der Waals surface area contributed by atoms with Crippen molar-refractivity contribution >= 4 is 5.97 Å². The second-order valence-electron chi connectivity index (χ2n) is 3.73. The van der Waals surface area contributed by atoms with Gasteiger partial charge in [0.15, 0.2) is 0 Å². The van der Waals surface area contributed by atoms with Gasteiger partial charge in [-0.2, -0.15) is 0 Å². The molecule has 0 aliphatic rings. The highest BCUT2D eigenvalue weighted by atomic mass is 16.5. The molecule has 0 aromatic heterocycles. The van der Waals surface area contributed by atoms with Gasteiger partial charge in [0.05, 0.1) is 12.0 Å². The van der Waals surface area contributed by atoms with Gasteiger partial charge < -0.3 is 9.84 Å². The summed E-state index contributed by atoms with van der Waals surface area (Å²) in [5.41, 5.74) is 0. The molecule has 0 amide bonds. The van der Waals surface area contributed by atoms with Gasteiger partial charge >= 0.3 is 5.97 Å². The monoisotopic (exact) mass is 202 g/mol. The van der Waals surface area contributed by atoms with Crippen LogP contribution in [0.1, 0.15) is 46.5 Å². The van der Waals surface area contributed by atoms with Crippen LogP contribution in [-0.4, -0.2) is 23.8 Å². The lowest BCUT2D eigenvalue weighted by molar-refractivity contribution is -0.151. The Hall–Kier alpha value is -0.570. The number of ether oxygens (including phenoxy) is 1. The molecule has 0 bridgehead atoms. The Bertz CT molecular complexity index is 155. The highest BCUT2D eigenvalue weighted by molar-refractivity contribution is 5.72. The number of carbonyl (C=O) groups excluding carboxylic acids is 1. The van der Waals surface area contributed by atoms with Crippen molar-refractivity contribution in [2.45, 2.75) is 52.6 Å². The third-order valence-corrected chi connectivity index (χ3v) is 2.20. The van der Waals surface area contributed by atoms with Crippen LogP contribution in [0.4, 0.5) is 0 Å². The van der Waals surface area contributed by atoms with Crippen molar-refractivity contribution in [2.75, 3.05) is 6.61 Å². The van der Waals surface area contributed by atoms with Crippen molar-refractivity contribution in [1.29, 1.82) is 0 Å². The number of aliphatic hydroxyl groups is 1. The summed E-state index contributed by atoms with van der Waals surface area (Å²) in [4.78, 5) is 11.5. The van der Waals surface area contributed by atoms with Crippen molar-refractivity contribution in [3.8, 4) is 0 Å². The average Bonchev–Trinajstić information content (AvgIpc) is 2.16. The molecule has 84 valence electrons. The van der Waals surface area contributed by atoms with Crippen LogP contribution < -0.4 is 0 Å². The van der Waals surface area contributed by atoms with Gasteiger partial charge in [0.25, 0.3) is 0 Å². The first-order valence-corrected chi connectivity index (χ1v) is 5.46. The fourth-order valence-electron chi connectivity index (χ4n) is 1.26. The van der Waals surface area contributed by atoms with Crippen LogP contribution in [0.15, 0.2) is 0 Å². The van der Waals surface area contributed by atoms with Crippen LogP contribution in [-0.2, 0) is 9.53 Å².